The van der Waals surface area contributed by atoms with Crippen LogP contribution in [-0.4, -0.2) is 5.11 Å². The van der Waals surface area contributed by atoms with Gasteiger partial charge in [-0.15, -0.1) is 11.3 Å². The molecular weight excluding hydrogens is 240 g/mol. The topological polar surface area (TPSA) is 20.2 Å². The summed E-state index contributed by atoms with van der Waals surface area (Å²) in [6.45, 7) is 0. The average Bonchev–Trinajstić information content (AvgIpc) is 2.85. The largest absolute Gasteiger partial charge is 0.388 e. The third-order valence-corrected chi connectivity index (χ3v) is 4.78. The summed E-state index contributed by atoms with van der Waals surface area (Å²) in [6.07, 6.45) is 4.12. The van der Waals surface area contributed by atoms with Crippen molar-refractivity contribution < 1.29 is 5.11 Å². The van der Waals surface area contributed by atoms with Crippen molar-refractivity contribution >= 4 is 11.3 Å². The Morgan fingerprint density at radius 3 is 2.89 bits per heavy atom. The standard InChI is InChI=1S/C16H18OS/c17-16-13(11-14-8-4-10-18-14)7-3-6-12-5-1-2-9-15(12)16/h1-2,4-5,8-10,13,16-17H,3,6-7,11H2. The Balaban J connectivity index is 1.85. The molecule has 2 unspecified atom stereocenters. The van der Waals surface area contributed by atoms with Gasteiger partial charge in [0.2, 0.25) is 0 Å². The normalized spacial score (nSPS) is 23.4. The molecule has 2 aromatic rings. The van der Waals surface area contributed by atoms with Crippen molar-refractivity contribution in [2.75, 3.05) is 0 Å². The van der Waals surface area contributed by atoms with E-state index in [1.54, 1.807) is 11.3 Å². The Morgan fingerprint density at radius 2 is 2.06 bits per heavy atom. The highest BCUT2D eigenvalue weighted by molar-refractivity contribution is 7.09. The summed E-state index contributed by atoms with van der Waals surface area (Å²) in [6, 6.07) is 12.6. The first-order valence-electron chi connectivity index (χ1n) is 6.63. The maximum absolute atomic E-state index is 10.6. The SMILES string of the molecule is OC1c2ccccc2CCCC1Cc1cccs1. The molecule has 0 saturated carbocycles. The van der Waals surface area contributed by atoms with Crippen molar-refractivity contribution in [1.29, 1.82) is 0 Å². The summed E-state index contributed by atoms with van der Waals surface area (Å²) in [5, 5.41) is 12.7. The lowest BCUT2D eigenvalue weighted by molar-refractivity contribution is 0.105. The van der Waals surface area contributed by atoms with Gasteiger partial charge in [0, 0.05) is 4.88 Å². The van der Waals surface area contributed by atoms with Crippen LogP contribution in [0.4, 0.5) is 0 Å². The zero-order valence-corrected chi connectivity index (χ0v) is 11.2. The van der Waals surface area contributed by atoms with E-state index in [1.807, 2.05) is 6.07 Å². The maximum Gasteiger partial charge on any atom is 0.0824 e. The lowest BCUT2D eigenvalue weighted by Crippen LogP contribution is -2.14. The van der Waals surface area contributed by atoms with Crippen LogP contribution in [0.5, 0.6) is 0 Å². The molecule has 1 N–H and O–H groups in total. The highest BCUT2D eigenvalue weighted by Gasteiger charge is 2.26. The third kappa shape index (κ3) is 2.36. The average molecular weight is 258 g/mol. The Hall–Kier alpha value is -1.12. The van der Waals surface area contributed by atoms with Gasteiger partial charge >= 0.3 is 0 Å². The summed E-state index contributed by atoms with van der Waals surface area (Å²) < 4.78 is 0. The molecule has 1 aromatic carbocycles. The van der Waals surface area contributed by atoms with Gasteiger partial charge in [-0.05, 0) is 54.2 Å². The van der Waals surface area contributed by atoms with Gasteiger partial charge in [-0.1, -0.05) is 30.3 Å². The Bertz CT molecular complexity index is 504. The lowest BCUT2D eigenvalue weighted by atomic mass is 9.90. The number of hydrogen-bond acceptors (Lipinski definition) is 2. The molecule has 1 aromatic heterocycles. The number of aliphatic hydroxyl groups excluding tert-OH is 1. The lowest BCUT2D eigenvalue weighted by Gasteiger charge is -2.21. The van der Waals surface area contributed by atoms with E-state index in [9.17, 15) is 5.11 Å². The van der Waals surface area contributed by atoms with Gasteiger partial charge in [-0.3, -0.25) is 0 Å². The van der Waals surface area contributed by atoms with Crippen molar-refractivity contribution in [2.45, 2.75) is 31.8 Å². The third-order valence-electron chi connectivity index (χ3n) is 3.88. The van der Waals surface area contributed by atoms with Crippen LogP contribution in [0.25, 0.3) is 0 Å². The fraction of sp³-hybridized carbons (Fsp3) is 0.375. The number of thiophene rings is 1. The van der Waals surface area contributed by atoms with E-state index in [0.717, 1.165) is 24.8 Å². The van der Waals surface area contributed by atoms with Crippen molar-refractivity contribution in [1.82, 2.24) is 0 Å². The van der Waals surface area contributed by atoms with Crippen LogP contribution in [-0.2, 0) is 12.8 Å². The Morgan fingerprint density at radius 1 is 1.17 bits per heavy atom. The highest BCUT2D eigenvalue weighted by atomic mass is 32.1. The molecule has 0 saturated heterocycles. The summed E-state index contributed by atoms with van der Waals surface area (Å²) >= 11 is 1.80. The summed E-state index contributed by atoms with van der Waals surface area (Å²) in [7, 11) is 0. The second-order valence-electron chi connectivity index (χ2n) is 5.08. The minimum atomic E-state index is -0.300. The van der Waals surface area contributed by atoms with Crippen molar-refractivity contribution in [3.63, 3.8) is 0 Å². The van der Waals surface area contributed by atoms with Gasteiger partial charge in [-0.25, -0.2) is 0 Å². The molecule has 1 nitrogen and oxygen atoms in total. The molecule has 0 spiro atoms. The second kappa shape index (κ2) is 5.25. The fourth-order valence-corrected chi connectivity index (χ4v) is 3.72. The van der Waals surface area contributed by atoms with E-state index in [2.05, 4.69) is 35.7 Å². The summed E-state index contributed by atoms with van der Waals surface area (Å²) in [4.78, 5) is 1.39. The van der Waals surface area contributed by atoms with E-state index in [0.29, 0.717) is 5.92 Å². The van der Waals surface area contributed by atoms with Gasteiger partial charge in [0.25, 0.3) is 0 Å². The van der Waals surface area contributed by atoms with Crippen LogP contribution in [0.2, 0.25) is 0 Å². The predicted octanol–water partition coefficient (Wildman–Crippen LogP) is 3.98. The first kappa shape index (κ1) is 11.9. The molecule has 3 rings (SSSR count). The number of benzene rings is 1. The van der Waals surface area contributed by atoms with Gasteiger partial charge in [-0.2, -0.15) is 0 Å². The summed E-state index contributed by atoms with van der Waals surface area (Å²) in [5.41, 5.74) is 2.48. The number of rotatable bonds is 2. The smallest absolute Gasteiger partial charge is 0.0824 e. The van der Waals surface area contributed by atoms with E-state index < -0.39 is 0 Å². The van der Waals surface area contributed by atoms with Crippen LogP contribution in [0.1, 0.15) is 34.9 Å². The zero-order chi connectivity index (χ0) is 12.4. The van der Waals surface area contributed by atoms with Gasteiger partial charge in [0.05, 0.1) is 6.10 Å². The van der Waals surface area contributed by atoms with E-state index in [4.69, 9.17) is 0 Å². The molecule has 0 bridgehead atoms. The molecule has 2 heteroatoms. The maximum atomic E-state index is 10.6. The second-order valence-corrected chi connectivity index (χ2v) is 6.11. The fourth-order valence-electron chi connectivity index (χ4n) is 2.92. The predicted molar refractivity (Wildman–Crippen MR) is 75.9 cm³/mol. The van der Waals surface area contributed by atoms with Crippen LogP contribution >= 0.6 is 11.3 Å². The molecular formula is C16H18OS. The van der Waals surface area contributed by atoms with Gasteiger partial charge in [0.15, 0.2) is 0 Å². The van der Waals surface area contributed by atoms with Crippen LogP contribution in [0.3, 0.4) is 0 Å². The van der Waals surface area contributed by atoms with Crippen molar-refractivity contribution in [3.8, 4) is 0 Å². The first-order valence-corrected chi connectivity index (χ1v) is 7.51. The highest BCUT2D eigenvalue weighted by Crippen LogP contribution is 2.35. The number of aliphatic hydroxyl groups is 1. The van der Waals surface area contributed by atoms with E-state index in [1.165, 1.54) is 16.9 Å². The molecule has 0 radical (unpaired) electrons. The minimum Gasteiger partial charge on any atom is -0.388 e. The van der Waals surface area contributed by atoms with E-state index in [-0.39, 0.29) is 6.10 Å². The van der Waals surface area contributed by atoms with Gasteiger partial charge < -0.3 is 5.11 Å². The monoisotopic (exact) mass is 258 g/mol. The molecule has 0 amide bonds. The molecule has 1 heterocycles. The molecule has 1 aliphatic rings. The zero-order valence-electron chi connectivity index (χ0n) is 10.4. The van der Waals surface area contributed by atoms with Crippen molar-refractivity contribution in [3.05, 3.63) is 57.8 Å². The first-order chi connectivity index (χ1) is 8.84. The Labute approximate surface area is 112 Å². The van der Waals surface area contributed by atoms with Crippen molar-refractivity contribution in [2.24, 2.45) is 5.92 Å². The number of fused-ring (bicyclic) bond motifs is 1. The Kier molecular flexibility index (Phi) is 3.48. The van der Waals surface area contributed by atoms with Crippen LogP contribution in [0, 0.1) is 5.92 Å². The van der Waals surface area contributed by atoms with Crippen LogP contribution in [0.15, 0.2) is 41.8 Å². The van der Waals surface area contributed by atoms with E-state index >= 15 is 0 Å². The molecule has 0 fully saturated rings. The number of hydrogen-bond donors (Lipinski definition) is 1. The number of aryl methyl sites for hydroxylation is 1. The van der Waals surface area contributed by atoms with Gasteiger partial charge in [0.1, 0.15) is 0 Å². The quantitative estimate of drug-likeness (QED) is 0.808. The molecule has 18 heavy (non-hydrogen) atoms. The molecule has 0 aliphatic heterocycles. The molecule has 94 valence electrons. The van der Waals surface area contributed by atoms with Crippen LogP contribution < -0.4 is 0 Å². The minimum absolute atomic E-state index is 0.300. The molecule has 2 atom stereocenters. The summed E-state index contributed by atoms with van der Waals surface area (Å²) in [5.74, 6) is 0.368. The molecule has 1 aliphatic carbocycles.